The third-order valence-electron chi connectivity index (χ3n) is 4.33. The van der Waals surface area contributed by atoms with Crippen molar-refractivity contribution in [1.82, 2.24) is 0 Å². The third-order valence-corrected chi connectivity index (χ3v) is 6.43. The fourth-order valence-corrected chi connectivity index (χ4v) is 4.64. The van der Waals surface area contributed by atoms with Crippen LogP contribution in [0, 0.1) is 17.3 Å². The molecule has 0 amide bonds. The van der Waals surface area contributed by atoms with Crippen LogP contribution in [0.1, 0.15) is 5.56 Å². The molecule has 0 aromatic heterocycles. The van der Waals surface area contributed by atoms with Crippen LogP contribution in [0.5, 0.6) is 5.75 Å². The first kappa shape index (κ1) is 17.8. The number of nitrogens with one attached hydrogen (secondary N) is 2. The van der Waals surface area contributed by atoms with Crippen molar-refractivity contribution >= 4 is 21.2 Å². The Hall–Kier alpha value is -2.01. The van der Waals surface area contributed by atoms with Crippen molar-refractivity contribution in [3.63, 3.8) is 0 Å². The lowest BCUT2D eigenvalue weighted by Gasteiger charge is -2.43. The molecule has 9 heteroatoms. The zero-order valence-corrected chi connectivity index (χ0v) is 14.5. The quantitative estimate of drug-likeness (QED) is 0.608. The molecule has 0 bridgehead atoms. The summed E-state index contributed by atoms with van der Waals surface area (Å²) in [4.78, 5) is -0.0361. The van der Waals surface area contributed by atoms with Gasteiger partial charge in [-0.1, -0.05) is 17.7 Å². The Balaban J connectivity index is 2.11. The van der Waals surface area contributed by atoms with Crippen LogP contribution in [0.15, 0.2) is 47.4 Å². The summed E-state index contributed by atoms with van der Waals surface area (Å²) in [5.41, 5.74) is 6.89. The number of benzene rings is 2. The van der Waals surface area contributed by atoms with E-state index in [1.54, 1.807) is 12.1 Å². The Labute approximate surface area is 145 Å². The summed E-state index contributed by atoms with van der Waals surface area (Å²) in [6, 6.07) is 10.4. The number of aryl methyl sites for hydroxylation is 1. The first-order chi connectivity index (χ1) is 11.8. The fraction of sp³-hybridized carbons (Fsp3) is 0.250. The van der Waals surface area contributed by atoms with Crippen LogP contribution in [-0.4, -0.2) is 27.1 Å². The van der Waals surface area contributed by atoms with Crippen LogP contribution in [0.3, 0.4) is 0 Å². The molecule has 25 heavy (non-hydrogen) atoms. The van der Waals surface area contributed by atoms with Crippen molar-refractivity contribution in [1.29, 1.82) is 0 Å². The van der Waals surface area contributed by atoms with Crippen molar-refractivity contribution in [3.8, 4) is 5.75 Å². The highest BCUT2D eigenvalue weighted by Gasteiger charge is 2.48. The summed E-state index contributed by atoms with van der Waals surface area (Å²) in [5, 5.41) is 22.5. The average molecular weight is 365 g/mol. The summed E-state index contributed by atoms with van der Waals surface area (Å²) < 4.78 is 31.0. The van der Waals surface area contributed by atoms with E-state index in [0.717, 1.165) is 5.56 Å². The van der Waals surface area contributed by atoms with Gasteiger partial charge in [-0.3, -0.25) is 5.73 Å². The molecule has 1 aliphatic rings. The Kier molecular flexibility index (Phi) is 4.54. The molecule has 0 saturated heterocycles. The molecule has 1 aliphatic heterocycles. The molecule has 4 unspecified atom stereocenters. The monoisotopic (exact) mass is 365 g/mol. The van der Waals surface area contributed by atoms with Gasteiger partial charge in [0.2, 0.25) is 16.0 Å². The van der Waals surface area contributed by atoms with Gasteiger partial charge in [-0.05, 0) is 25.1 Å². The lowest BCUT2D eigenvalue weighted by molar-refractivity contribution is -0.901. The summed E-state index contributed by atoms with van der Waals surface area (Å²) in [5.74, 6) is 0.363. The van der Waals surface area contributed by atoms with Gasteiger partial charge in [0.1, 0.15) is 5.75 Å². The molecule has 0 aliphatic carbocycles. The van der Waals surface area contributed by atoms with Crippen LogP contribution in [0.2, 0.25) is 0 Å². The highest BCUT2D eigenvalue weighted by atomic mass is 32.2. The Morgan fingerprint density at radius 3 is 2.28 bits per heavy atom. The number of ether oxygens (including phenoxy) is 1. The number of quaternary nitrogens is 2. The Morgan fingerprint density at radius 2 is 1.68 bits per heavy atom. The highest BCUT2D eigenvalue weighted by Crippen LogP contribution is 2.26. The van der Waals surface area contributed by atoms with Gasteiger partial charge >= 0.3 is 0 Å². The van der Waals surface area contributed by atoms with Gasteiger partial charge in [-0.15, -0.1) is 0 Å². The number of sulfone groups is 1. The molecular weight excluding hydrogens is 346 g/mol. The average Bonchev–Trinajstić information content (AvgIpc) is 2.59. The SMILES string of the molecule is COc1ccc2c(c1)[NH+]([O-])C(S(=O)(=O)c1ccc(C)cc1)C(N)[NH+]2[O-]. The summed E-state index contributed by atoms with van der Waals surface area (Å²) in [7, 11) is -2.69. The van der Waals surface area contributed by atoms with Crippen molar-refractivity contribution in [2.24, 2.45) is 5.73 Å². The molecule has 2 aromatic carbocycles. The maximum atomic E-state index is 12.9. The predicted molar refractivity (Wildman–Crippen MR) is 91.1 cm³/mol. The lowest BCUT2D eigenvalue weighted by atomic mass is 10.2. The molecule has 0 saturated carbocycles. The van der Waals surface area contributed by atoms with Gasteiger partial charge in [0, 0.05) is 12.1 Å². The standard InChI is InChI=1S/C16H19N3O5S/c1-10-3-6-12(7-4-10)25(22,23)16-15(17)18(20)13-8-5-11(24-2)9-14(13)19(16)21/h3-9,15-16,18-19H,17H2,1-2H3. The minimum Gasteiger partial charge on any atom is -0.628 e. The molecule has 4 N–H and O–H groups in total. The minimum atomic E-state index is -4.11. The van der Waals surface area contributed by atoms with E-state index < -0.39 is 31.5 Å². The second-order valence-electron chi connectivity index (χ2n) is 5.94. The van der Waals surface area contributed by atoms with Crippen molar-refractivity contribution in [3.05, 3.63) is 58.4 Å². The van der Waals surface area contributed by atoms with E-state index >= 15 is 0 Å². The van der Waals surface area contributed by atoms with E-state index in [0.29, 0.717) is 5.75 Å². The minimum absolute atomic E-state index is 0.0201. The van der Waals surface area contributed by atoms with Gasteiger partial charge < -0.3 is 25.3 Å². The molecule has 0 spiro atoms. The van der Waals surface area contributed by atoms with Gasteiger partial charge in [0.05, 0.1) is 12.0 Å². The Morgan fingerprint density at radius 1 is 1.04 bits per heavy atom. The van der Waals surface area contributed by atoms with Crippen LogP contribution >= 0.6 is 0 Å². The van der Waals surface area contributed by atoms with Gasteiger partial charge in [-0.25, -0.2) is 8.42 Å². The van der Waals surface area contributed by atoms with Crippen LogP contribution < -0.4 is 20.6 Å². The maximum Gasteiger partial charge on any atom is 0.264 e. The number of nitrogens with two attached hydrogens (primary N) is 1. The molecule has 1 heterocycles. The third kappa shape index (κ3) is 2.91. The largest absolute Gasteiger partial charge is 0.628 e. The van der Waals surface area contributed by atoms with Crippen LogP contribution in [0.4, 0.5) is 11.4 Å². The first-order valence-corrected chi connectivity index (χ1v) is 9.14. The molecule has 3 rings (SSSR count). The topological polar surface area (TPSA) is 124 Å². The number of hydrogen-bond acceptors (Lipinski definition) is 6. The van der Waals surface area contributed by atoms with E-state index in [1.807, 2.05) is 6.92 Å². The first-order valence-electron chi connectivity index (χ1n) is 7.60. The van der Waals surface area contributed by atoms with Crippen LogP contribution in [-0.2, 0) is 9.84 Å². The second-order valence-corrected chi connectivity index (χ2v) is 8.01. The molecular formula is C16H19N3O5S. The van der Waals surface area contributed by atoms with Gasteiger partial charge in [-0.2, -0.15) is 0 Å². The summed E-state index contributed by atoms with van der Waals surface area (Å²) >= 11 is 0. The summed E-state index contributed by atoms with van der Waals surface area (Å²) in [6.07, 6.45) is -1.44. The number of hydroxylamine groups is 2. The van der Waals surface area contributed by atoms with Crippen molar-refractivity contribution in [2.75, 3.05) is 7.11 Å². The fourth-order valence-electron chi connectivity index (χ4n) is 2.91. The van der Waals surface area contributed by atoms with E-state index in [4.69, 9.17) is 10.5 Å². The van der Waals surface area contributed by atoms with Crippen molar-refractivity contribution in [2.45, 2.75) is 23.4 Å². The molecule has 0 radical (unpaired) electrons. The highest BCUT2D eigenvalue weighted by molar-refractivity contribution is 7.91. The number of rotatable bonds is 3. The molecule has 0 fully saturated rings. The zero-order valence-electron chi connectivity index (χ0n) is 13.7. The molecule has 2 aromatic rings. The van der Waals surface area contributed by atoms with Crippen LogP contribution in [0.25, 0.3) is 0 Å². The zero-order chi connectivity index (χ0) is 18.4. The summed E-state index contributed by atoms with van der Waals surface area (Å²) in [6.45, 7) is 1.82. The maximum absolute atomic E-state index is 12.9. The molecule has 4 atom stereocenters. The smallest absolute Gasteiger partial charge is 0.264 e. The number of methoxy groups -OCH3 is 1. The van der Waals surface area contributed by atoms with Crippen molar-refractivity contribution < 1.29 is 23.3 Å². The molecule has 134 valence electrons. The van der Waals surface area contributed by atoms with E-state index in [2.05, 4.69) is 0 Å². The predicted octanol–water partition coefficient (Wildman–Crippen LogP) is -0.870. The number of fused-ring (bicyclic) bond motifs is 1. The lowest BCUT2D eigenvalue weighted by Crippen LogP contribution is -3.24. The normalized spacial score (nSPS) is 26.1. The number of hydrogen-bond donors (Lipinski definition) is 3. The molecule has 8 nitrogen and oxygen atoms in total. The Bertz CT molecular complexity index is 885. The van der Waals surface area contributed by atoms with E-state index in [9.17, 15) is 18.8 Å². The van der Waals surface area contributed by atoms with E-state index in [-0.39, 0.29) is 16.3 Å². The van der Waals surface area contributed by atoms with Gasteiger partial charge in [0.25, 0.3) is 5.37 Å². The van der Waals surface area contributed by atoms with Gasteiger partial charge in [0.15, 0.2) is 11.4 Å². The second kappa shape index (κ2) is 6.37. The van der Waals surface area contributed by atoms with E-state index in [1.165, 1.54) is 37.4 Å².